The van der Waals surface area contributed by atoms with Crippen LogP contribution in [0.15, 0.2) is 54.7 Å². The van der Waals surface area contributed by atoms with Crippen LogP contribution in [0.3, 0.4) is 0 Å². The zero-order valence-electron chi connectivity index (χ0n) is 16.9. The number of nitrogens with zero attached hydrogens (tertiary/aromatic N) is 2. The van der Waals surface area contributed by atoms with Gasteiger partial charge in [0.05, 0.1) is 30.3 Å². The van der Waals surface area contributed by atoms with Crippen molar-refractivity contribution in [2.24, 2.45) is 0 Å². The lowest BCUT2D eigenvalue weighted by Gasteiger charge is -2.24. The highest BCUT2D eigenvalue weighted by Gasteiger charge is 2.27. The Morgan fingerprint density at radius 1 is 1.23 bits per heavy atom. The van der Waals surface area contributed by atoms with E-state index in [0.717, 1.165) is 42.9 Å². The van der Waals surface area contributed by atoms with E-state index < -0.39 is 0 Å². The third-order valence-electron chi connectivity index (χ3n) is 5.46. The number of carbonyl (C=O) groups is 1. The molecule has 1 fully saturated rings. The van der Waals surface area contributed by atoms with Crippen LogP contribution in [-0.4, -0.2) is 35.9 Å². The van der Waals surface area contributed by atoms with E-state index in [1.807, 2.05) is 24.3 Å². The summed E-state index contributed by atoms with van der Waals surface area (Å²) >= 11 is 0. The van der Waals surface area contributed by atoms with Gasteiger partial charge in [0.25, 0.3) is 5.91 Å². The van der Waals surface area contributed by atoms with E-state index in [-0.39, 0.29) is 17.6 Å². The Morgan fingerprint density at radius 3 is 2.80 bits per heavy atom. The second kappa shape index (κ2) is 9.09. The Labute approximate surface area is 175 Å². The number of methoxy groups -OCH3 is 1. The molecule has 1 aliphatic rings. The minimum atomic E-state index is -0.332. The molecular weight excluding hydrogens is 383 g/mol. The molecule has 156 valence electrons. The van der Waals surface area contributed by atoms with Crippen LogP contribution in [0.25, 0.3) is 5.69 Å². The quantitative estimate of drug-likeness (QED) is 0.656. The Hall–Kier alpha value is -3.19. The molecule has 4 rings (SSSR count). The van der Waals surface area contributed by atoms with Gasteiger partial charge in [-0.25, -0.2) is 9.07 Å². The van der Waals surface area contributed by atoms with E-state index >= 15 is 0 Å². The molecule has 1 amide bonds. The lowest BCUT2D eigenvalue weighted by atomic mass is 9.91. The molecular formula is C23H25FN4O2. The first kappa shape index (κ1) is 20.1. The van der Waals surface area contributed by atoms with Crippen molar-refractivity contribution in [3.63, 3.8) is 0 Å². The molecule has 0 spiro atoms. The number of para-hydroxylation sites is 1. The standard InChI is InChI=1S/C23H25FN4O2/c1-30-21-8-3-2-5-17(21)14-26-23(29)20-15-27-28(19-7-4-6-18(24)13-19)22(20)16-9-11-25-12-10-16/h2-8,13,15-16,25H,9-12,14H2,1H3,(H,26,29). The highest BCUT2D eigenvalue weighted by molar-refractivity contribution is 5.95. The summed E-state index contributed by atoms with van der Waals surface area (Å²) in [7, 11) is 1.61. The molecule has 2 aromatic carbocycles. The zero-order valence-corrected chi connectivity index (χ0v) is 16.9. The Bertz CT molecular complexity index is 1030. The number of hydrogen-bond acceptors (Lipinski definition) is 4. The van der Waals surface area contributed by atoms with Gasteiger partial charge in [0.15, 0.2) is 0 Å². The van der Waals surface area contributed by atoms with Crippen molar-refractivity contribution in [2.45, 2.75) is 25.3 Å². The fourth-order valence-corrected chi connectivity index (χ4v) is 3.95. The second-order valence-corrected chi connectivity index (χ2v) is 7.35. The summed E-state index contributed by atoms with van der Waals surface area (Å²) in [5.74, 6) is 0.370. The number of hydrogen-bond donors (Lipinski definition) is 2. The van der Waals surface area contributed by atoms with Crippen molar-refractivity contribution in [3.05, 3.63) is 77.4 Å². The van der Waals surface area contributed by atoms with Gasteiger partial charge in [0, 0.05) is 18.0 Å². The summed E-state index contributed by atoms with van der Waals surface area (Å²) < 4.78 is 20.9. The summed E-state index contributed by atoms with van der Waals surface area (Å²) in [6.07, 6.45) is 3.38. The van der Waals surface area contributed by atoms with Gasteiger partial charge in [-0.05, 0) is 50.2 Å². The van der Waals surface area contributed by atoms with Crippen LogP contribution in [0.4, 0.5) is 4.39 Å². The third-order valence-corrected chi connectivity index (χ3v) is 5.46. The highest BCUT2D eigenvalue weighted by atomic mass is 19.1. The van der Waals surface area contributed by atoms with Crippen LogP contribution in [0.2, 0.25) is 0 Å². The molecule has 0 unspecified atom stereocenters. The minimum Gasteiger partial charge on any atom is -0.496 e. The monoisotopic (exact) mass is 408 g/mol. The molecule has 2 heterocycles. The molecule has 1 saturated heterocycles. The first-order chi connectivity index (χ1) is 14.7. The van der Waals surface area contributed by atoms with Crippen LogP contribution in [0, 0.1) is 5.82 Å². The van der Waals surface area contributed by atoms with Gasteiger partial charge in [0.1, 0.15) is 11.6 Å². The van der Waals surface area contributed by atoms with Crippen LogP contribution in [-0.2, 0) is 6.54 Å². The fraction of sp³-hybridized carbons (Fsp3) is 0.304. The maximum Gasteiger partial charge on any atom is 0.255 e. The SMILES string of the molecule is COc1ccccc1CNC(=O)c1cnn(-c2cccc(F)c2)c1C1CCNCC1. The van der Waals surface area contributed by atoms with E-state index in [9.17, 15) is 9.18 Å². The molecule has 0 saturated carbocycles. The topological polar surface area (TPSA) is 68.2 Å². The number of piperidine rings is 1. The average Bonchev–Trinajstić information content (AvgIpc) is 3.23. The largest absolute Gasteiger partial charge is 0.496 e. The number of benzene rings is 2. The summed E-state index contributed by atoms with van der Waals surface area (Å²) in [6, 6.07) is 13.9. The van der Waals surface area contributed by atoms with Gasteiger partial charge in [-0.15, -0.1) is 0 Å². The molecule has 0 atom stereocenters. The average molecular weight is 408 g/mol. The van der Waals surface area contributed by atoms with Gasteiger partial charge in [-0.3, -0.25) is 4.79 Å². The lowest BCUT2D eigenvalue weighted by molar-refractivity contribution is 0.0949. The summed E-state index contributed by atoms with van der Waals surface area (Å²) in [4.78, 5) is 13.1. The Kier molecular flexibility index (Phi) is 6.09. The molecule has 6 nitrogen and oxygen atoms in total. The normalized spacial score (nSPS) is 14.5. The maximum atomic E-state index is 13.8. The molecule has 2 N–H and O–H groups in total. The molecule has 0 bridgehead atoms. The lowest BCUT2D eigenvalue weighted by Crippen LogP contribution is -2.30. The minimum absolute atomic E-state index is 0.170. The maximum absolute atomic E-state index is 13.8. The van der Waals surface area contributed by atoms with E-state index in [1.165, 1.54) is 12.1 Å². The first-order valence-corrected chi connectivity index (χ1v) is 10.1. The zero-order chi connectivity index (χ0) is 20.9. The van der Waals surface area contributed by atoms with E-state index in [2.05, 4.69) is 15.7 Å². The molecule has 1 aliphatic heterocycles. The summed E-state index contributed by atoms with van der Waals surface area (Å²) in [6.45, 7) is 2.10. The Balaban J connectivity index is 1.64. The summed E-state index contributed by atoms with van der Waals surface area (Å²) in [5, 5.41) is 10.8. The van der Waals surface area contributed by atoms with Crippen molar-refractivity contribution in [1.82, 2.24) is 20.4 Å². The molecule has 0 radical (unpaired) electrons. The van der Waals surface area contributed by atoms with Gasteiger partial charge in [-0.2, -0.15) is 5.10 Å². The predicted molar refractivity (Wildman–Crippen MR) is 113 cm³/mol. The number of nitrogens with one attached hydrogen (secondary N) is 2. The molecule has 0 aliphatic carbocycles. The number of ether oxygens (including phenoxy) is 1. The van der Waals surface area contributed by atoms with Crippen molar-refractivity contribution >= 4 is 5.91 Å². The highest BCUT2D eigenvalue weighted by Crippen LogP contribution is 2.30. The number of amides is 1. The number of carbonyl (C=O) groups excluding carboxylic acids is 1. The van der Waals surface area contributed by atoms with Crippen molar-refractivity contribution in [3.8, 4) is 11.4 Å². The van der Waals surface area contributed by atoms with Gasteiger partial charge in [0.2, 0.25) is 0 Å². The second-order valence-electron chi connectivity index (χ2n) is 7.35. The summed E-state index contributed by atoms with van der Waals surface area (Å²) in [5.41, 5.74) is 2.88. The number of halogens is 1. The smallest absolute Gasteiger partial charge is 0.255 e. The van der Waals surface area contributed by atoms with Crippen LogP contribution in [0.1, 0.15) is 40.4 Å². The number of aromatic nitrogens is 2. The first-order valence-electron chi connectivity index (χ1n) is 10.1. The molecule has 7 heteroatoms. The Morgan fingerprint density at radius 2 is 2.03 bits per heavy atom. The fourth-order valence-electron chi connectivity index (χ4n) is 3.95. The third kappa shape index (κ3) is 4.21. The van der Waals surface area contributed by atoms with E-state index in [4.69, 9.17) is 4.74 Å². The number of rotatable bonds is 6. The van der Waals surface area contributed by atoms with Gasteiger partial charge >= 0.3 is 0 Å². The molecule has 30 heavy (non-hydrogen) atoms. The van der Waals surface area contributed by atoms with E-state index in [0.29, 0.717) is 17.8 Å². The molecule has 1 aromatic heterocycles. The van der Waals surface area contributed by atoms with Crippen LogP contribution in [0.5, 0.6) is 5.75 Å². The van der Waals surface area contributed by atoms with E-state index in [1.54, 1.807) is 30.1 Å². The molecule has 3 aromatic rings. The van der Waals surface area contributed by atoms with Crippen molar-refractivity contribution < 1.29 is 13.9 Å². The van der Waals surface area contributed by atoms with Crippen molar-refractivity contribution in [2.75, 3.05) is 20.2 Å². The predicted octanol–water partition coefficient (Wildman–Crippen LogP) is 3.42. The van der Waals surface area contributed by atoms with Crippen molar-refractivity contribution in [1.29, 1.82) is 0 Å². The van der Waals surface area contributed by atoms with Gasteiger partial charge < -0.3 is 15.4 Å². The van der Waals surface area contributed by atoms with Crippen LogP contribution < -0.4 is 15.4 Å². The van der Waals surface area contributed by atoms with Crippen LogP contribution >= 0.6 is 0 Å². The van der Waals surface area contributed by atoms with Gasteiger partial charge in [-0.1, -0.05) is 24.3 Å².